The molecule has 12 heavy (non-hydrogen) atoms. The van der Waals surface area contributed by atoms with Gasteiger partial charge in [0, 0.05) is 12.4 Å². The Balaban J connectivity index is 2.30. The molecule has 0 saturated heterocycles. The Bertz CT molecular complexity index is 304. The van der Waals surface area contributed by atoms with Crippen LogP contribution in [0.25, 0.3) is 0 Å². The van der Waals surface area contributed by atoms with Crippen LogP contribution in [-0.2, 0) is 4.79 Å². The highest BCUT2D eigenvalue weighted by Gasteiger charge is 2.23. The first-order chi connectivity index (χ1) is 5.79. The standard InChI is InChI=1S/C8H8N2O2/c11-8(12)7-3-1-4-9-5-2-6-10(7)9/h1-5H,6H2,(H,11,12). The average molecular weight is 164 g/mol. The Kier molecular flexibility index (Phi) is 1.40. The van der Waals surface area contributed by atoms with Gasteiger partial charge in [0.05, 0.1) is 6.54 Å². The first kappa shape index (κ1) is 6.97. The second-order valence-electron chi connectivity index (χ2n) is 2.55. The lowest BCUT2D eigenvalue weighted by Crippen LogP contribution is -2.35. The summed E-state index contributed by atoms with van der Waals surface area (Å²) in [6.07, 6.45) is 8.87. The molecule has 0 aromatic carbocycles. The number of nitrogens with zero attached hydrogens (tertiary/aromatic N) is 2. The van der Waals surface area contributed by atoms with Crippen molar-refractivity contribution in [2.24, 2.45) is 0 Å². The third-order valence-electron chi connectivity index (χ3n) is 1.81. The van der Waals surface area contributed by atoms with Crippen LogP contribution in [0, 0.1) is 0 Å². The fourth-order valence-corrected chi connectivity index (χ4v) is 1.27. The van der Waals surface area contributed by atoms with Crippen LogP contribution in [0.5, 0.6) is 0 Å². The van der Waals surface area contributed by atoms with Crippen molar-refractivity contribution in [1.29, 1.82) is 0 Å². The highest BCUT2D eigenvalue weighted by atomic mass is 16.4. The molecule has 0 amide bonds. The summed E-state index contributed by atoms with van der Waals surface area (Å²) in [5.41, 5.74) is 0.308. The normalized spacial score (nSPS) is 19.5. The Hall–Kier alpha value is -1.71. The molecule has 62 valence electrons. The van der Waals surface area contributed by atoms with Gasteiger partial charge in [0.25, 0.3) is 0 Å². The first-order valence-electron chi connectivity index (χ1n) is 3.63. The lowest BCUT2D eigenvalue weighted by Gasteiger charge is -2.30. The van der Waals surface area contributed by atoms with Crippen LogP contribution in [0.2, 0.25) is 0 Å². The van der Waals surface area contributed by atoms with Crippen LogP contribution in [0.3, 0.4) is 0 Å². The number of hydrogen-bond acceptors (Lipinski definition) is 3. The van der Waals surface area contributed by atoms with Crippen LogP contribution in [0.1, 0.15) is 0 Å². The van der Waals surface area contributed by atoms with Crippen molar-refractivity contribution in [3.05, 3.63) is 36.3 Å². The molecule has 0 unspecified atom stereocenters. The molecule has 0 fully saturated rings. The smallest absolute Gasteiger partial charge is 0.354 e. The number of aliphatic carboxylic acids is 1. The van der Waals surface area contributed by atoms with E-state index in [-0.39, 0.29) is 0 Å². The zero-order valence-electron chi connectivity index (χ0n) is 6.34. The van der Waals surface area contributed by atoms with Gasteiger partial charge in [0.1, 0.15) is 5.70 Å². The second-order valence-corrected chi connectivity index (χ2v) is 2.55. The maximum absolute atomic E-state index is 10.7. The number of hydrazine groups is 1. The van der Waals surface area contributed by atoms with Gasteiger partial charge in [-0.05, 0) is 18.2 Å². The molecule has 0 aromatic rings. The van der Waals surface area contributed by atoms with Gasteiger partial charge in [0.15, 0.2) is 0 Å². The predicted molar refractivity (Wildman–Crippen MR) is 42.5 cm³/mol. The molecule has 0 saturated carbocycles. The number of fused-ring (bicyclic) bond motifs is 1. The number of allylic oxidation sites excluding steroid dienone is 2. The summed E-state index contributed by atoms with van der Waals surface area (Å²) in [4.78, 5) is 10.7. The summed E-state index contributed by atoms with van der Waals surface area (Å²) in [6, 6.07) is 0. The van der Waals surface area contributed by atoms with Crippen LogP contribution in [0.4, 0.5) is 0 Å². The summed E-state index contributed by atoms with van der Waals surface area (Å²) in [5, 5.41) is 12.2. The number of carbonyl (C=O) groups is 1. The zero-order valence-corrected chi connectivity index (χ0v) is 6.34. The Morgan fingerprint density at radius 2 is 2.33 bits per heavy atom. The lowest BCUT2D eigenvalue weighted by atomic mass is 10.3. The van der Waals surface area contributed by atoms with Crippen LogP contribution in [0.15, 0.2) is 36.3 Å². The molecule has 1 N–H and O–H groups in total. The molecule has 0 aromatic heterocycles. The van der Waals surface area contributed by atoms with E-state index < -0.39 is 5.97 Å². The third kappa shape index (κ3) is 0.887. The topological polar surface area (TPSA) is 43.8 Å². The highest BCUT2D eigenvalue weighted by molar-refractivity contribution is 5.86. The fraction of sp³-hybridized carbons (Fsp3) is 0.125. The van der Waals surface area contributed by atoms with Gasteiger partial charge in [0.2, 0.25) is 0 Å². The van der Waals surface area contributed by atoms with E-state index in [9.17, 15) is 4.79 Å². The molecule has 2 heterocycles. The maximum Gasteiger partial charge on any atom is 0.354 e. The minimum absolute atomic E-state index is 0.308. The van der Waals surface area contributed by atoms with Crippen LogP contribution >= 0.6 is 0 Å². The fourth-order valence-electron chi connectivity index (χ4n) is 1.27. The molecular weight excluding hydrogens is 156 g/mol. The second kappa shape index (κ2) is 2.41. The third-order valence-corrected chi connectivity index (χ3v) is 1.81. The number of carboxylic acid groups (broad SMARTS) is 1. The van der Waals surface area contributed by atoms with Gasteiger partial charge in [-0.25, -0.2) is 4.79 Å². The van der Waals surface area contributed by atoms with Gasteiger partial charge < -0.3 is 5.11 Å². The van der Waals surface area contributed by atoms with Gasteiger partial charge >= 0.3 is 5.97 Å². The summed E-state index contributed by atoms with van der Waals surface area (Å²) in [5.74, 6) is -0.895. The van der Waals surface area contributed by atoms with Crippen molar-refractivity contribution >= 4 is 5.97 Å². The minimum atomic E-state index is -0.895. The monoisotopic (exact) mass is 164 g/mol. The van der Waals surface area contributed by atoms with E-state index in [4.69, 9.17) is 5.11 Å². The number of hydrogen-bond donors (Lipinski definition) is 1. The van der Waals surface area contributed by atoms with Crippen molar-refractivity contribution in [3.8, 4) is 0 Å². The molecule has 0 bridgehead atoms. The van der Waals surface area contributed by atoms with Gasteiger partial charge in [-0.2, -0.15) is 0 Å². The molecule has 2 aliphatic heterocycles. The lowest BCUT2D eigenvalue weighted by molar-refractivity contribution is -0.135. The van der Waals surface area contributed by atoms with Crippen molar-refractivity contribution in [3.63, 3.8) is 0 Å². The first-order valence-corrected chi connectivity index (χ1v) is 3.63. The van der Waals surface area contributed by atoms with E-state index in [0.717, 1.165) is 0 Å². The molecule has 2 aliphatic rings. The van der Waals surface area contributed by atoms with E-state index in [1.54, 1.807) is 22.2 Å². The largest absolute Gasteiger partial charge is 0.477 e. The van der Waals surface area contributed by atoms with Crippen LogP contribution in [-0.4, -0.2) is 27.6 Å². The predicted octanol–water partition coefficient (Wildman–Crippen LogP) is 0.529. The molecule has 2 rings (SSSR count). The van der Waals surface area contributed by atoms with Crippen molar-refractivity contribution in [2.45, 2.75) is 0 Å². The van der Waals surface area contributed by atoms with Gasteiger partial charge in [-0.1, -0.05) is 0 Å². The highest BCUT2D eigenvalue weighted by Crippen LogP contribution is 2.19. The summed E-state index contributed by atoms with van der Waals surface area (Å²) in [7, 11) is 0. The molecule has 0 atom stereocenters. The maximum atomic E-state index is 10.7. The van der Waals surface area contributed by atoms with E-state index in [0.29, 0.717) is 12.2 Å². The summed E-state index contributed by atoms with van der Waals surface area (Å²) >= 11 is 0. The van der Waals surface area contributed by atoms with E-state index >= 15 is 0 Å². The molecule has 0 spiro atoms. The average Bonchev–Trinajstić information content (AvgIpc) is 2.49. The molecule has 4 nitrogen and oxygen atoms in total. The molecular formula is C8H8N2O2. The van der Waals surface area contributed by atoms with Crippen molar-refractivity contribution < 1.29 is 9.90 Å². The quantitative estimate of drug-likeness (QED) is 0.614. The Labute approximate surface area is 69.7 Å². The van der Waals surface area contributed by atoms with E-state index in [1.807, 2.05) is 18.5 Å². The van der Waals surface area contributed by atoms with Crippen LogP contribution < -0.4 is 0 Å². The molecule has 0 aliphatic carbocycles. The summed E-state index contributed by atoms with van der Waals surface area (Å²) in [6.45, 7) is 0.627. The molecule has 0 radical (unpaired) electrons. The SMILES string of the molecule is O=C(O)C1=CC=CN2C=CCN12. The summed E-state index contributed by atoms with van der Waals surface area (Å²) < 4.78 is 0. The van der Waals surface area contributed by atoms with E-state index in [2.05, 4.69) is 0 Å². The van der Waals surface area contributed by atoms with Crippen molar-refractivity contribution in [1.82, 2.24) is 10.0 Å². The van der Waals surface area contributed by atoms with Gasteiger partial charge in [-0.15, -0.1) is 0 Å². The Morgan fingerprint density at radius 1 is 1.50 bits per heavy atom. The minimum Gasteiger partial charge on any atom is -0.477 e. The Morgan fingerprint density at radius 3 is 3.08 bits per heavy atom. The number of rotatable bonds is 1. The van der Waals surface area contributed by atoms with E-state index in [1.165, 1.54) is 0 Å². The van der Waals surface area contributed by atoms with Crippen molar-refractivity contribution in [2.75, 3.05) is 6.54 Å². The molecule has 4 heteroatoms. The van der Waals surface area contributed by atoms with Gasteiger partial charge in [-0.3, -0.25) is 10.0 Å². The number of carboxylic acids is 1. The zero-order chi connectivity index (χ0) is 8.55.